The van der Waals surface area contributed by atoms with E-state index in [0.717, 1.165) is 5.56 Å². The van der Waals surface area contributed by atoms with E-state index in [0.29, 0.717) is 42.9 Å². The normalized spacial score (nSPS) is 17.3. The Balaban J connectivity index is 1.65. The molecule has 1 heterocycles. The summed E-state index contributed by atoms with van der Waals surface area (Å²) in [5.74, 6) is -0.140. The number of amides is 2. The first-order valence-corrected chi connectivity index (χ1v) is 9.64. The highest BCUT2D eigenvalue weighted by atomic mass is 16.5. The molecular weight excluding hydrogens is 352 g/mol. The van der Waals surface area contributed by atoms with Gasteiger partial charge >= 0.3 is 0 Å². The second-order valence-corrected chi connectivity index (χ2v) is 6.90. The Hall–Kier alpha value is -2.92. The van der Waals surface area contributed by atoms with Gasteiger partial charge in [0.05, 0.1) is 12.7 Å². The molecular formula is C23H26N2O3. The number of rotatable bonds is 5. The van der Waals surface area contributed by atoms with E-state index in [1.165, 1.54) is 0 Å². The molecule has 28 heavy (non-hydrogen) atoms. The maximum atomic E-state index is 12.6. The topological polar surface area (TPSA) is 58.6 Å². The van der Waals surface area contributed by atoms with Crippen molar-refractivity contribution in [3.05, 3.63) is 71.3 Å². The van der Waals surface area contributed by atoms with E-state index in [4.69, 9.17) is 4.74 Å². The van der Waals surface area contributed by atoms with Crippen LogP contribution < -0.4 is 5.32 Å². The van der Waals surface area contributed by atoms with E-state index < -0.39 is 0 Å². The number of hydrogen-bond acceptors (Lipinski definition) is 3. The average Bonchev–Trinajstić information content (AvgIpc) is 2.72. The lowest BCUT2D eigenvalue weighted by Crippen LogP contribution is -2.44. The van der Waals surface area contributed by atoms with Crippen LogP contribution in [-0.2, 0) is 9.53 Å². The highest BCUT2D eigenvalue weighted by Gasteiger charge is 2.22. The van der Waals surface area contributed by atoms with E-state index in [-0.39, 0.29) is 17.9 Å². The minimum Gasteiger partial charge on any atom is -0.375 e. The molecule has 0 aromatic heterocycles. The van der Waals surface area contributed by atoms with Crippen molar-refractivity contribution < 1.29 is 14.3 Å². The van der Waals surface area contributed by atoms with Gasteiger partial charge in [0.15, 0.2) is 0 Å². The number of nitrogens with one attached hydrogen (secondary N) is 1. The molecule has 0 spiro atoms. The van der Waals surface area contributed by atoms with Gasteiger partial charge in [-0.25, -0.2) is 0 Å². The Morgan fingerprint density at radius 2 is 1.86 bits per heavy atom. The molecule has 2 aromatic rings. The van der Waals surface area contributed by atoms with Gasteiger partial charge in [0.2, 0.25) is 0 Å². The van der Waals surface area contributed by atoms with Crippen LogP contribution in [0.5, 0.6) is 0 Å². The van der Waals surface area contributed by atoms with Crippen LogP contribution in [-0.4, -0.2) is 42.5 Å². The molecule has 1 fully saturated rings. The number of hydrogen-bond donors (Lipinski definition) is 1. The SMILES string of the molecule is CC/C(=C\c1ccccc1)C(=O)Nc1ccc(C(=O)N2CCOC(C)C2)cc1. The van der Waals surface area contributed by atoms with Gasteiger partial charge in [-0.3, -0.25) is 9.59 Å². The van der Waals surface area contributed by atoms with Crippen LogP contribution in [0.4, 0.5) is 5.69 Å². The van der Waals surface area contributed by atoms with Gasteiger partial charge in [0.1, 0.15) is 0 Å². The molecule has 5 heteroatoms. The third-order valence-electron chi connectivity index (χ3n) is 4.73. The predicted molar refractivity (Wildman–Crippen MR) is 111 cm³/mol. The zero-order valence-electron chi connectivity index (χ0n) is 16.4. The van der Waals surface area contributed by atoms with Crippen molar-refractivity contribution in [1.82, 2.24) is 4.90 Å². The number of morpholine rings is 1. The summed E-state index contributed by atoms with van der Waals surface area (Å²) >= 11 is 0. The number of carbonyl (C=O) groups is 2. The lowest BCUT2D eigenvalue weighted by Gasteiger charge is -2.31. The molecule has 1 N–H and O–H groups in total. The highest BCUT2D eigenvalue weighted by Crippen LogP contribution is 2.16. The molecule has 1 aliphatic rings. The minimum absolute atomic E-state index is 0.00810. The van der Waals surface area contributed by atoms with Crippen LogP contribution in [0.2, 0.25) is 0 Å². The zero-order chi connectivity index (χ0) is 19.9. The second-order valence-electron chi connectivity index (χ2n) is 6.90. The Labute approximate surface area is 166 Å². The van der Waals surface area contributed by atoms with Gasteiger partial charge < -0.3 is 15.0 Å². The molecule has 0 aliphatic carbocycles. The van der Waals surface area contributed by atoms with Crippen molar-refractivity contribution in [2.24, 2.45) is 0 Å². The van der Waals surface area contributed by atoms with E-state index in [1.54, 1.807) is 29.2 Å². The van der Waals surface area contributed by atoms with E-state index >= 15 is 0 Å². The highest BCUT2D eigenvalue weighted by molar-refractivity contribution is 6.06. The zero-order valence-corrected chi connectivity index (χ0v) is 16.4. The molecule has 1 aliphatic heterocycles. The molecule has 0 bridgehead atoms. The summed E-state index contributed by atoms with van der Waals surface area (Å²) in [6.45, 7) is 5.69. The lowest BCUT2D eigenvalue weighted by atomic mass is 10.1. The largest absolute Gasteiger partial charge is 0.375 e. The Kier molecular flexibility index (Phi) is 6.61. The van der Waals surface area contributed by atoms with Crippen LogP contribution >= 0.6 is 0 Å². The fourth-order valence-electron chi connectivity index (χ4n) is 3.17. The molecule has 0 radical (unpaired) electrons. The molecule has 1 saturated heterocycles. The summed E-state index contributed by atoms with van der Waals surface area (Å²) in [6, 6.07) is 16.8. The minimum atomic E-state index is -0.132. The summed E-state index contributed by atoms with van der Waals surface area (Å²) in [4.78, 5) is 27.0. The number of benzene rings is 2. The summed E-state index contributed by atoms with van der Waals surface area (Å²) in [5, 5.41) is 2.91. The maximum absolute atomic E-state index is 12.6. The Bertz CT molecular complexity index is 844. The van der Waals surface area contributed by atoms with Gasteiger partial charge in [0.25, 0.3) is 11.8 Å². The summed E-state index contributed by atoms with van der Waals surface area (Å²) < 4.78 is 5.49. The smallest absolute Gasteiger partial charge is 0.254 e. The van der Waals surface area contributed by atoms with E-state index in [1.807, 2.05) is 50.3 Å². The molecule has 2 amide bonds. The van der Waals surface area contributed by atoms with Gasteiger partial charge in [-0.05, 0) is 49.2 Å². The fraction of sp³-hybridized carbons (Fsp3) is 0.304. The van der Waals surface area contributed by atoms with Crippen molar-refractivity contribution >= 4 is 23.6 Å². The fourth-order valence-corrected chi connectivity index (χ4v) is 3.17. The van der Waals surface area contributed by atoms with Gasteiger partial charge in [-0.1, -0.05) is 37.3 Å². The van der Waals surface area contributed by atoms with Crippen LogP contribution in [0, 0.1) is 0 Å². The molecule has 5 nitrogen and oxygen atoms in total. The standard InChI is InChI=1S/C23H26N2O3/c1-3-19(15-18-7-5-4-6-8-18)22(26)24-21-11-9-20(10-12-21)23(27)25-13-14-28-17(2)16-25/h4-12,15,17H,3,13-14,16H2,1-2H3,(H,24,26)/b19-15+. The molecule has 146 valence electrons. The van der Waals surface area contributed by atoms with Gasteiger partial charge in [-0.2, -0.15) is 0 Å². The molecule has 2 aromatic carbocycles. The summed E-state index contributed by atoms with van der Waals surface area (Å²) in [7, 11) is 0. The van der Waals surface area contributed by atoms with Crippen LogP contribution in [0.25, 0.3) is 6.08 Å². The second kappa shape index (κ2) is 9.33. The number of carbonyl (C=O) groups excluding carboxylic acids is 2. The van der Waals surface area contributed by atoms with Crippen molar-refractivity contribution in [2.75, 3.05) is 25.0 Å². The quantitative estimate of drug-likeness (QED) is 0.801. The lowest BCUT2D eigenvalue weighted by molar-refractivity contribution is -0.112. The van der Waals surface area contributed by atoms with Crippen LogP contribution in [0.3, 0.4) is 0 Å². The first-order valence-electron chi connectivity index (χ1n) is 9.64. The van der Waals surface area contributed by atoms with Crippen LogP contribution in [0.15, 0.2) is 60.2 Å². The number of nitrogens with zero attached hydrogens (tertiary/aromatic N) is 1. The van der Waals surface area contributed by atoms with E-state index in [2.05, 4.69) is 5.32 Å². The van der Waals surface area contributed by atoms with E-state index in [9.17, 15) is 9.59 Å². The monoisotopic (exact) mass is 378 g/mol. The van der Waals surface area contributed by atoms with Crippen molar-refractivity contribution in [2.45, 2.75) is 26.4 Å². The first-order chi connectivity index (χ1) is 13.6. The van der Waals surface area contributed by atoms with Gasteiger partial charge in [-0.15, -0.1) is 0 Å². The van der Waals surface area contributed by atoms with Crippen molar-refractivity contribution in [1.29, 1.82) is 0 Å². The average molecular weight is 378 g/mol. The molecule has 0 saturated carbocycles. The Morgan fingerprint density at radius 3 is 2.50 bits per heavy atom. The molecule has 1 atom stereocenters. The maximum Gasteiger partial charge on any atom is 0.254 e. The summed E-state index contributed by atoms with van der Waals surface area (Å²) in [6.07, 6.45) is 2.58. The molecule has 1 unspecified atom stereocenters. The van der Waals surface area contributed by atoms with Gasteiger partial charge in [0, 0.05) is 29.9 Å². The predicted octanol–water partition coefficient (Wildman–Crippen LogP) is 3.98. The number of ether oxygens (including phenoxy) is 1. The first kappa shape index (κ1) is 19.8. The number of anilines is 1. The molecule has 3 rings (SSSR count). The Morgan fingerprint density at radius 1 is 1.14 bits per heavy atom. The van der Waals surface area contributed by atoms with Crippen molar-refractivity contribution in [3.63, 3.8) is 0 Å². The van der Waals surface area contributed by atoms with Crippen LogP contribution in [0.1, 0.15) is 36.2 Å². The summed E-state index contributed by atoms with van der Waals surface area (Å²) in [5.41, 5.74) is 2.98. The third kappa shape index (κ3) is 5.08. The van der Waals surface area contributed by atoms with Crippen molar-refractivity contribution in [3.8, 4) is 0 Å². The third-order valence-corrected chi connectivity index (χ3v) is 4.73.